The number of benzene rings is 2. The first-order valence-corrected chi connectivity index (χ1v) is 8.35. The van der Waals surface area contributed by atoms with Gasteiger partial charge in [-0.05, 0) is 51.8 Å². The van der Waals surface area contributed by atoms with E-state index in [1.165, 1.54) is 0 Å². The summed E-state index contributed by atoms with van der Waals surface area (Å²) in [6.07, 6.45) is 0. The fraction of sp³-hybridized carbons (Fsp3) is 0.278. The van der Waals surface area contributed by atoms with Crippen molar-refractivity contribution in [3.05, 3.63) is 52.0 Å². The minimum absolute atomic E-state index is 0.0873. The van der Waals surface area contributed by atoms with Crippen LogP contribution in [0.1, 0.15) is 15.9 Å². The number of carbonyl (C=O) groups excluding carboxylic acids is 1. The predicted octanol–water partition coefficient (Wildman–Crippen LogP) is 3.50. The number of halogens is 1. The average Bonchev–Trinajstić information content (AvgIpc) is 2.61. The third-order valence-corrected chi connectivity index (χ3v) is 4.47. The highest BCUT2D eigenvalue weighted by Crippen LogP contribution is 2.31. The smallest absolute Gasteiger partial charge is 0.255 e. The van der Waals surface area contributed by atoms with Gasteiger partial charge in [0.25, 0.3) is 5.91 Å². The van der Waals surface area contributed by atoms with Crippen LogP contribution in [-0.4, -0.2) is 38.2 Å². The van der Waals surface area contributed by atoms with E-state index in [9.17, 15) is 4.79 Å². The molecule has 24 heavy (non-hydrogen) atoms. The summed E-state index contributed by atoms with van der Waals surface area (Å²) in [5, 5.41) is 0. The van der Waals surface area contributed by atoms with Gasteiger partial charge < -0.3 is 19.1 Å². The maximum Gasteiger partial charge on any atom is 0.255 e. The van der Waals surface area contributed by atoms with Gasteiger partial charge >= 0.3 is 0 Å². The van der Waals surface area contributed by atoms with Crippen LogP contribution in [0.25, 0.3) is 0 Å². The second kappa shape index (κ2) is 7.13. The van der Waals surface area contributed by atoms with Crippen LogP contribution in [-0.2, 0) is 6.54 Å². The van der Waals surface area contributed by atoms with E-state index in [0.29, 0.717) is 31.1 Å². The zero-order chi connectivity index (χ0) is 17.1. The number of hydrogen-bond donors (Lipinski definition) is 0. The molecular weight excluding hydrogens is 374 g/mol. The highest BCUT2D eigenvalue weighted by Gasteiger charge is 2.18. The lowest BCUT2D eigenvalue weighted by Crippen LogP contribution is -2.26. The molecule has 0 saturated heterocycles. The lowest BCUT2D eigenvalue weighted by atomic mass is 10.1. The second-order valence-corrected chi connectivity index (χ2v) is 6.34. The fourth-order valence-electron chi connectivity index (χ4n) is 2.53. The second-order valence-electron chi connectivity index (χ2n) is 5.49. The van der Waals surface area contributed by atoms with Crippen LogP contribution in [0.2, 0.25) is 0 Å². The van der Waals surface area contributed by atoms with Gasteiger partial charge in [0.15, 0.2) is 11.5 Å². The van der Waals surface area contributed by atoms with Gasteiger partial charge in [-0.2, -0.15) is 0 Å². The summed E-state index contributed by atoms with van der Waals surface area (Å²) in [4.78, 5) is 14.4. The number of rotatable bonds is 4. The number of carbonyl (C=O) groups is 1. The monoisotopic (exact) mass is 391 g/mol. The molecule has 1 heterocycles. The van der Waals surface area contributed by atoms with E-state index in [-0.39, 0.29) is 5.91 Å². The number of amides is 1. The molecule has 2 aromatic carbocycles. The molecule has 0 saturated carbocycles. The van der Waals surface area contributed by atoms with Crippen LogP contribution < -0.4 is 14.2 Å². The Morgan fingerprint density at radius 1 is 1.17 bits per heavy atom. The summed E-state index contributed by atoms with van der Waals surface area (Å²) in [6.45, 7) is 1.58. The Bertz CT molecular complexity index is 763. The minimum atomic E-state index is -0.0873. The van der Waals surface area contributed by atoms with E-state index in [2.05, 4.69) is 15.9 Å². The van der Waals surface area contributed by atoms with Gasteiger partial charge in [0, 0.05) is 18.1 Å². The molecule has 6 heteroatoms. The van der Waals surface area contributed by atoms with Crippen LogP contribution in [0.3, 0.4) is 0 Å². The van der Waals surface area contributed by atoms with Gasteiger partial charge in [0.05, 0.1) is 12.7 Å². The Morgan fingerprint density at radius 2 is 1.92 bits per heavy atom. The summed E-state index contributed by atoms with van der Waals surface area (Å²) < 4.78 is 17.0. The van der Waals surface area contributed by atoms with Crippen molar-refractivity contribution in [2.24, 2.45) is 0 Å². The number of hydrogen-bond acceptors (Lipinski definition) is 4. The maximum atomic E-state index is 12.7. The molecule has 1 amide bonds. The molecule has 0 fully saturated rings. The quantitative estimate of drug-likeness (QED) is 0.799. The molecule has 2 aromatic rings. The first kappa shape index (κ1) is 16.6. The Hall–Kier alpha value is -2.21. The zero-order valence-electron chi connectivity index (χ0n) is 13.5. The van der Waals surface area contributed by atoms with Gasteiger partial charge in [0.2, 0.25) is 0 Å². The largest absolute Gasteiger partial charge is 0.497 e. The van der Waals surface area contributed by atoms with Crippen molar-refractivity contribution in [3.63, 3.8) is 0 Å². The molecule has 5 nitrogen and oxygen atoms in total. The summed E-state index contributed by atoms with van der Waals surface area (Å²) in [6, 6.07) is 11.1. The van der Waals surface area contributed by atoms with Gasteiger partial charge in [-0.1, -0.05) is 6.07 Å². The Labute approximate surface area is 149 Å². The number of nitrogens with zero attached hydrogens (tertiary/aromatic N) is 1. The number of ether oxygens (including phenoxy) is 3. The molecule has 0 unspecified atom stereocenters. The van der Waals surface area contributed by atoms with Crippen molar-refractivity contribution < 1.29 is 19.0 Å². The fourth-order valence-corrected chi connectivity index (χ4v) is 2.95. The standard InChI is InChI=1S/C18H18BrNO4/c1-20(18(21)14-10-13(22-2)4-5-15(14)19)11-12-3-6-16-17(9-12)24-8-7-23-16/h3-6,9-10H,7-8,11H2,1-2H3. The minimum Gasteiger partial charge on any atom is -0.497 e. The van der Waals surface area contributed by atoms with E-state index < -0.39 is 0 Å². The first-order chi connectivity index (χ1) is 11.6. The maximum absolute atomic E-state index is 12.7. The average molecular weight is 392 g/mol. The number of fused-ring (bicyclic) bond motifs is 1. The van der Waals surface area contributed by atoms with E-state index in [4.69, 9.17) is 14.2 Å². The van der Waals surface area contributed by atoms with E-state index in [1.807, 2.05) is 30.3 Å². The molecule has 0 radical (unpaired) electrons. The Kier molecular flexibility index (Phi) is 4.94. The molecule has 1 aliphatic heterocycles. The summed E-state index contributed by atoms with van der Waals surface area (Å²) in [5.41, 5.74) is 1.54. The van der Waals surface area contributed by atoms with Crippen molar-refractivity contribution in [1.82, 2.24) is 4.90 Å². The first-order valence-electron chi connectivity index (χ1n) is 7.56. The molecular formula is C18H18BrNO4. The normalized spacial score (nSPS) is 12.6. The molecule has 0 bridgehead atoms. The number of methoxy groups -OCH3 is 1. The van der Waals surface area contributed by atoms with Crippen LogP contribution in [0, 0.1) is 0 Å². The Morgan fingerprint density at radius 3 is 2.67 bits per heavy atom. The topological polar surface area (TPSA) is 48.0 Å². The lowest BCUT2D eigenvalue weighted by Gasteiger charge is -2.21. The van der Waals surface area contributed by atoms with Crippen LogP contribution in [0.5, 0.6) is 17.2 Å². The van der Waals surface area contributed by atoms with Crippen molar-refractivity contribution in [2.75, 3.05) is 27.4 Å². The van der Waals surface area contributed by atoms with Crippen molar-refractivity contribution in [3.8, 4) is 17.2 Å². The SMILES string of the molecule is COc1ccc(Br)c(C(=O)N(C)Cc2ccc3c(c2)OCCO3)c1. The molecule has 126 valence electrons. The molecule has 0 aromatic heterocycles. The molecule has 0 aliphatic carbocycles. The van der Waals surface area contributed by atoms with E-state index in [0.717, 1.165) is 21.5 Å². The van der Waals surface area contributed by atoms with Crippen molar-refractivity contribution >= 4 is 21.8 Å². The zero-order valence-corrected chi connectivity index (χ0v) is 15.1. The predicted molar refractivity (Wildman–Crippen MR) is 93.9 cm³/mol. The van der Waals surface area contributed by atoms with Crippen molar-refractivity contribution in [1.29, 1.82) is 0 Å². The lowest BCUT2D eigenvalue weighted by molar-refractivity contribution is 0.0783. The summed E-state index contributed by atoms with van der Waals surface area (Å²) >= 11 is 3.42. The van der Waals surface area contributed by atoms with E-state index in [1.54, 1.807) is 25.1 Å². The van der Waals surface area contributed by atoms with Gasteiger partial charge in [-0.3, -0.25) is 4.79 Å². The molecule has 3 rings (SSSR count). The summed E-state index contributed by atoms with van der Waals surface area (Å²) in [7, 11) is 3.35. The highest BCUT2D eigenvalue weighted by atomic mass is 79.9. The highest BCUT2D eigenvalue weighted by molar-refractivity contribution is 9.10. The van der Waals surface area contributed by atoms with E-state index >= 15 is 0 Å². The third kappa shape index (κ3) is 3.48. The third-order valence-electron chi connectivity index (χ3n) is 3.78. The summed E-state index contributed by atoms with van der Waals surface area (Å²) in [5.74, 6) is 2.03. The van der Waals surface area contributed by atoms with Crippen LogP contribution >= 0.6 is 15.9 Å². The molecule has 0 atom stereocenters. The Balaban J connectivity index is 1.77. The van der Waals surface area contributed by atoms with Gasteiger partial charge in [-0.25, -0.2) is 0 Å². The molecule has 1 aliphatic rings. The van der Waals surface area contributed by atoms with Crippen LogP contribution in [0.15, 0.2) is 40.9 Å². The van der Waals surface area contributed by atoms with Gasteiger partial charge in [-0.15, -0.1) is 0 Å². The molecule has 0 N–H and O–H groups in total. The van der Waals surface area contributed by atoms with Gasteiger partial charge in [0.1, 0.15) is 19.0 Å². The molecule has 0 spiro atoms. The van der Waals surface area contributed by atoms with Crippen LogP contribution in [0.4, 0.5) is 0 Å². The van der Waals surface area contributed by atoms with Crippen molar-refractivity contribution in [2.45, 2.75) is 6.54 Å².